The second-order valence-corrected chi connectivity index (χ2v) is 5.95. The van der Waals surface area contributed by atoms with Crippen LogP contribution in [0, 0.1) is 0 Å². The zero-order valence-corrected chi connectivity index (χ0v) is 17.0. The Morgan fingerprint density at radius 2 is 1.30 bits per heavy atom. The van der Waals surface area contributed by atoms with E-state index in [0.717, 1.165) is 12.8 Å². The number of unbranched alkanes of at least 4 members (excludes halogenated alkanes) is 9. The minimum atomic E-state index is -4.48. The molecule has 0 aliphatic carbocycles. The zero-order valence-electron chi connectivity index (χ0n) is 14.2. The molecule has 23 heavy (non-hydrogen) atoms. The summed E-state index contributed by atoms with van der Waals surface area (Å²) in [7, 11) is -4.48. The Morgan fingerprint density at radius 1 is 0.870 bits per heavy atom. The first-order valence-corrected chi connectivity index (χ1v) is 9.07. The van der Waals surface area contributed by atoms with Gasteiger partial charge in [-0.2, -0.15) is 9.78 Å². The van der Waals surface area contributed by atoms with Gasteiger partial charge < -0.3 is 4.55 Å². The number of hydrogen-bond acceptors (Lipinski definition) is 8. The van der Waals surface area contributed by atoms with Crippen LogP contribution in [-0.4, -0.2) is 26.4 Å². The van der Waals surface area contributed by atoms with E-state index < -0.39 is 10.4 Å². The molecule has 1 heterocycles. The molecule has 0 amide bonds. The van der Waals surface area contributed by atoms with Crippen LogP contribution in [0.3, 0.4) is 0 Å². The Hall–Kier alpha value is 0.710. The maximum Gasteiger partial charge on any atom is 1.00 e. The van der Waals surface area contributed by atoms with E-state index in [0.29, 0.717) is 6.42 Å². The van der Waals surface area contributed by atoms with Crippen molar-refractivity contribution in [2.45, 2.75) is 71.1 Å². The van der Waals surface area contributed by atoms with E-state index in [9.17, 15) is 13.0 Å². The molecule has 0 spiro atoms. The molecule has 10 heteroatoms. The van der Waals surface area contributed by atoms with Gasteiger partial charge in [0.15, 0.2) is 0 Å². The van der Waals surface area contributed by atoms with Crippen molar-refractivity contribution >= 4 is 10.4 Å². The molecule has 0 radical (unpaired) electrons. The first kappa shape index (κ1) is 25.9. The van der Waals surface area contributed by atoms with Gasteiger partial charge in [-0.05, 0) is 16.5 Å². The molecule has 0 unspecified atom stereocenters. The first-order chi connectivity index (χ1) is 10.6. The van der Waals surface area contributed by atoms with E-state index in [4.69, 9.17) is 0 Å². The van der Waals surface area contributed by atoms with Gasteiger partial charge in [0.25, 0.3) is 0 Å². The molecule has 8 nitrogen and oxygen atoms in total. The maximum absolute atomic E-state index is 10.1. The third-order valence-corrected chi connectivity index (χ3v) is 3.40. The minimum Gasteiger partial charge on any atom is -0.726 e. The van der Waals surface area contributed by atoms with Crippen LogP contribution in [-0.2, 0) is 34.4 Å². The predicted molar refractivity (Wildman–Crippen MR) is 76.7 cm³/mol. The molecule has 0 aromatic rings. The monoisotopic (exact) mass is 366 g/mol. The van der Waals surface area contributed by atoms with E-state index in [1.165, 1.54) is 44.9 Å². The van der Waals surface area contributed by atoms with Gasteiger partial charge in [-0.1, -0.05) is 64.7 Å². The first-order valence-electron chi connectivity index (χ1n) is 7.74. The maximum atomic E-state index is 10.1. The molecule has 0 saturated carbocycles. The molecule has 0 bridgehead atoms. The summed E-state index contributed by atoms with van der Waals surface area (Å²) in [4.78, 5) is 8.00. The van der Waals surface area contributed by atoms with Crippen molar-refractivity contribution in [2.24, 2.45) is 0 Å². The number of hydrogen-bond donors (Lipinski definition) is 0. The standard InChI is InChI=1S/C12H26O4S.CH2O4.Na/c1-2-3-4-5-6-7-8-9-10-11-12-16-17(13,14)15;1-2-4-5-3-1;/h2-12H2,1H3,(H,13,14,15);1H2;/q;;+1/p-1. The van der Waals surface area contributed by atoms with Gasteiger partial charge in [0.05, 0.1) is 6.61 Å². The van der Waals surface area contributed by atoms with E-state index in [1.54, 1.807) is 0 Å². The Kier molecular flexibility index (Phi) is 21.5. The summed E-state index contributed by atoms with van der Waals surface area (Å²) in [6.07, 6.45) is 11.7. The van der Waals surface area contributed by atoms with Crippen LogP contribution in [0.25, 0.3) is 0 Å². The number of rotatable bonds is 12. The quantitative estimate of drug-likeness (QED) is 0.158. The summed E-state index contributed by atoms with van der Waals surface area (Å²) in [6, 6.07) is 0. The molecular formula is C13H27NaO8S. The molecule has 0 atom stereocenters. The fourth-order valence-corrected chi connectivity index (χ4v) is 2.17. The summed E-state index contributed by atoms with van der Waals surface area (Å²) >= 11 is 0. The molecule has 1 fully saturated rings. The largest absolute Gasteiger partial charge is 1.00 e. The summed E-state index contributed by atoms with van der Waals surface area (Å²) in [5.41, 5.74) is 0. The summed E-state index contributed by atoms with van der Waals surface area (Å²) in [5, 5.41) is 7.44. The molecule has 1 rings (SSSR count). The van der Waals surface area contributed by atoms with Crippen LogP contribution < -0.4 is 29.6 Å². The molecule has 1 aliphatic rings. The van der Waals surface area contributed by atoms with Gasteiger partial charge in [-0.15, -0.1) is 0 Å². The molecule has 134 valence electrons. The van der Waals surface area contributed by atoms with Gasteiger partial charge in [0.1, 0.15) is 0 Å². The van der Waals surface area contributed by atoms with Crippen molar-refractivity contribution in [1.82, 2.24) is 0 Å². The smallest absolute Gasteiger partial charge is 0.726 e. The van der Waals surface area contributed by atoms with Crippen molar-refractivity contribution in [1.29, 1.82) is 0 Å². The molecular weight excluding hydrogens is 339 g/mol. The summed E-state index contributed by atoms with van der Waals surface area (Å²) < 4.78 is 34.5. The molecule has 1 saturated heterocycles. The fourth-order valence-electron chi connectivity index (χ4n) is 1.85. The van der Waals surface area contributed by atoms with Crippen molar-refractivity contribution in [2.75, 3.05) is 13.4 Å². The predicted octanol–water partition coefficient (Wildman–Crippen LogP) is 0.157. The fraction of sp³-hybridized carbons (Fsp3) is 1.00. The van der Waals surface area contributed by atoms with Crippen molar-refractivity contribution in [3.8, 4) is 0 Å². The third-order valence-electron chi connectivity index (χ3n) is 2.95. The third kappa shape index (κ3) is 25.1. The van der Waals surface area contributed by atoms with Gasteiger partial charge >= 0.3 is 29.6 Å². The SMILES string of the molecule is C1OOOO1.CCCCCCCCCCCCOS(=O)(=O)[O-].[Na+]. The second kappa shape index (κ2) is 19.0. The van der Waals surface area contributed by atoms with Crippen LogP contribution in [0.2, 0.25) is 0 Å². The van der Waals surface area contributed by atoms with E-state index in [-0.39, 0.29) is 43.0 Å². The van der Waals surface area contributed by atoms with E-state index >= 15 is 0 Å². The van der Waals surface area contributed by atoms with Crippen LogP contribution in [0.5, 0.6) is 0 Å². The van der Waals surface area contributed by atoms with Gasteiger partial charge in [0.2, 0.25) is 17.2 Å². The van der Waals surface area contributed by atoms with Crippen LogP contribution in [0.1, 0.15) is 71.1 Å². The molecule has 1 aliphatic heterocycles. The molecule has 0 N–H and O–H groups in total. The Morgan fingerprint density at radius 3 is 1.65 bits per heavy atom. The van der Waals surface area contributed by atoms with Gasteiger partial charge in [0, 0.05) is 0 Å². The van der Waals surface area contributed by atoms with E-state index in [2.05, 4.69) is 31.0 Å². The summed E-state index contributed by atoms with van der Waals surface area (Å²) in [5.74, 6) is 0. The molecule has 0 aromatic carbocycles. The Labute approximate surface area is 161 Å². The van der Waals surface area contributed by atoms with Crippen molar-refractivity contribution in [3.05, 3.63) is 0 Å². The normalized spacial score (nSPS) is 14.0. The summed E-state index contributed by atoms with van der Waals surface area (Å²) in [6.45, 7) is 2.30. The van der Waals surface area contributed by atoms with Crippen LogP contribution >= 0.6 is 0 Å². The van der Waals surface area contributed by atoms with Crippen LogP contribution in [0.4, 0.5) is 0 Å². The van der Waals surface area contributed by atoms with Gasteiger partial charge in [-0.3, -0.25) is 4.18 Å². The Bertz CT molecular complexity index is 314. The molecule has 0 aromatic heterocycles. The minimum absolute atomic E-state index is 0. The van der Waals surface area contributed by atoms with Crippen LogP contribution in [0.15, 0.2) is 0 Å². The van der Waals surface area contributed by atoms with E-state index in [1.807, 2.05) is 0 Å². The average Bonchev–Trinajstić information content (AvgIpc) is 3.03. The second-order valence-electron chi connectivity index (χ2n) is 4.90. The zero-order chi connectivity index (χ0) is 16.5. The Balaban J connectivity index is 0. The topological polar surface area (TPSA) is 103 Å². The van der Waals surface area contributed by atoms with Crippen molar-refractivity contribution in [3.63, 3.8) is 0 Å². The van der Waals surface area contributed by atoms with Crippen molar-refractivity contribution < 1.29 is 66.6 Å². The average molecular weight is 366 g/mol. The van der Waals surface area contributed by atoms with Gasteiger partial charge in [-0.25, -0.2) is 8.42 Å².